The topological polar surface area (TPSA) is 35.5 Å². The second kappa shape index (κ2) is 11.4. The summed E-state index contributed by atoms with van der Waals surface area (Å²) in [7, 11) is 1.58. The first-order chi connectivity index (χ1) is 16.7. The van der Waals surface area contributed by atoms with Gasteiger partial charge in [0.25, 0.3) is 0 Å². The zero-order chi connectivity index (χ0) is 25.6. The lowest BCUT2D eigenvalue weighted by Crippen LogP contribution is -2.13. The predicted octanol–water partition coefficient (Wildman–Crippen LogP) is 7.87. The molecule has 184 valence electrons. The molecule has 0 aromatic heterocycles. The SMILES string of the molecule is C/C=C\[C@@H](c1ccc(OCc2ccc(C(C)(C)C)c(-c3cc(OC)ccc3F)c2)cc1)[C@H](C)C=O. The third kappa shape index (κ3) is 6.39. The average Bonchev–Trinajstić information content (AvgIpc) is 2.85. The number of allylic oxidation sites excluding steroid dienone is 2. The lowest BCUT2D eigenvalue weighted by atomic mass is 9.81. The van der Waals surface area contributed by atoms with Gasteiger partial charge in [-0.3, -0.25) is 0 Å². The molecule has 3 aromatic rings. The maximum absolute atomic E-state index is 14.9. The summed E-state index contributed by atoms with van der Waals surface area (Å²) in [5.41, 5.74) is 4.25. The first-order valence-corrected chi connectivity index (χ1v) is 12.0. The summed E-state index contributed by atoms with van der Waals surface area (Å²) in [6, 6.07) is 18.7. The van der Waals surface area contributed by atoms with Gasteiger partial charge in [-0.15, -0.1) is 0 Å². The second-order valence-corrected chi connectivity index (χ2v) is 9.88. The zero-order valence-electron chi connectivity index (χ0n) is 21.5. The molecular formula is C31H35FO3. The van der Waals surface area contributed by atoms with Crippen molar-refractivity contribution in [3.63, 3.8) is 0 Å². The zero-order valence-corrected chi connectivity index (χ0v) is 21.5. The van der Waals surface area contributed by atoms with Crippen molar-refractivity contribution in [2.75, 3.05) is 7.11 Å². The van der Waals surface area contributed by atoms with Crippen LogP contribution in [0.5, 0.6) is 11.5 Å². The number of hydrogen-bond donors (Lipinski definition) is 0. The van der Waals surface area contributed by atoms with E-state index in [1.54, 1.807) is 19.2 Å². The lowest BCUT2D eigenvalue weighted by Gasteiger charge is -2.24. The summed E-state index contributed by atoms with van der Waals surface area (Å²) in [6.07, 6.45) is 5.00. The Morgan fingerprint density at radius 3 is 2.23 bits per heavy atom. The summed E-state index contributed by atoms with van der Waals surface area (Å²) in [4.78, 5) is 11.3. The van der Waals surface area contributed by atoms with E-state index >= 15 is 0 Å². The Labute approximate surface area is 208 Å². The molecule has 0 fully saturated rings. The summed E-state index contributed by atoms with van der Waals surface area (Å²) in [5.74, 6) is 1.00. The Kier molecular flexibility index (Phi) is 8.50. The van der Waals surface area contributed by atoms with Gasteiger partial charge in [0.1, 0.15) is 30.2 Å². The standard InChI is InChI=1S/C31H35FO3/c1-7-8-26(21(2)19-33)23-10-12-24(13-11-23)35-20-22-9-15-29(31(3,4)5)27(17-22)28-18-25(34-6)14-16-30(28)32/h7-19,21,26H,20H2,1-6H3/b8-7-/t21-,26-/m1/s1. The quantitative estimate of drug-likeness (QED) is 0.234. The second-order valence-electron chi connectivity index (χ2n) is 9.88. The van der Waals surface area contributed by atoms with E-state index in [1.165, 1.54) is 6.07 Å². The van der Waals surface area contributed by atoms with Gasteiger partial charge in [-0.2, -0.15) is 0 Å². The molecule has 0 heterocycles. The monoisotopic (exact) mass is 474 g/mol. The van der Waals surface area contributed by atoms with E-state index < -0.39 is 0 Å². The Morgan fingerprint density at radius 2 is 1.63 bits per heavy atom. The fourth-order valence-electron chi connectivity index (χ4n) is 4.23. The third-order valence-electron chi connectivity index (χ3n) is 6.21. The average molecular weight is 475 g/mol. The Morgan fingerprint density at radius 1 is 0.943 bits per heavy atom. The van der Waals surface area contributed by atoms with Crippen LogP contribution >= 0.6 is 0 Å². The van der Waals surface area contributed by atoms with Gasteiger partial charge in [0.05, 0.1) is 7.11 Å². The molecule has 0 aliphatic heterocycles. The number of aldehydes is 1. The summed E-state index contributed by atoms with van der Waals surface area (Å²) in [5, 5.41) is 0. The number of carbonyl (C=O) groups is 1. The van der Waals surface area contributed by atoms with Crippen LogP contribution in [0.3, 0.4) is 0 Å². The highest BCUT2D eigenvalue weighted by molar-refractivity contribution is 5.71. The van der Waals surface area contributed by atoms with Crippen molar-refractivity contribution >= 4 is 6.29 Å². The van der Waals surface area contributed by atoms with Crippen molar-refractivity contribution in [2.45, 2.75) is 52.6 Å². The first-order valence-electron chi connectivity index (χ1n) is 12.0. The van der Waals surface area contributed by atoms with Crippen molar-refractivity contribution in [3.05, 3.63) is 95.3 Å². The fraction of sp³-hybridized carbons (Fsp3) is 0.323. The smallest absolute Gasteiger partial charge is 0.131 e. The molecule has 0 amide bonds. The minimum absolute atomic E-state index is 0.0387. The highest BCUT2D eigenvalue weighted by atomic mass is 19.1. The van der Waals surface area contributed by atoms with Crippen molar-refractivity contribution in [3.8, 4) is 22.6 Å². The van der Waals surface area contributed by atoms with E-state index in [2.05, 4.69) is 26.8 Å². The van der Waals surface area contributed by atoms with Crippen LogP contribution < -0.4 is 9.47 Å². The third-order valence-corrected chi connectivity index (χ3v) is 6.21. The van der Waals surface area contributed by atoms with Crippen molar-refractivity contribution in [1.82, 2.24) is 0 Å². The highest BCUT2D eigenvalue weighted by Gasteiger charge is 2.21. The normalized spacial score (nSPS) is 13.5. The molecule has 0 spiro atoms. The highest BCUT2D eigenvalue weighted by Crippen LogP contribution is 2.37. The van der Waals surface area contributed by atoms with Crippen LogP contribution in [-0.4, -0.2) is 13.4 Å². The number of rotatable bonds is 9. The number of methoxy groups -OCH3 is 1. The summed E-state index contributed by atoms with van der Waals surface area (Å²) < 4.78 is 26.3. The number of halogens is 1. The van der Waals surface area contributed by atoms with Gasteiger partial charge >= 0.3 is 0 Å². The molecule has 0 bridgehead atoms. The van der Waals surface area contributed by atoms with Crippen LogP contribution in [0.1, 0.15) is 57.2 Å². The van der Waals surface area contributed by atoms with Crippen LogP contribution in [0.15, 0.2) is 72.8 Å². The van der Waals surface area contributed by atoms with Crippen LogP contribution in [0, 0.1) is 11.7 Å². The number of carbonyl (C=O) groups excluding carboxylic acids is 1. The molecule has 0 radical (unpaired) electrons. The molecular weight excluding hydrogens is 439 g/mol. The molecule has 0 aliphatic carbocycles. The van der Waals surface area contributed by atoms with Gasteiger partial charge < -0.3 is 14.3 Å². The largest absolute Gasteiger partial charge is 0.497 e. The minimum atomic E-state index is -0.287. The van der Waals surface area contributed by atoms with E-state index in [-0.39, 0.29) is 23.1 Å². The molecule has 4 heteroatoms. The van der Waals surface area contributed by atoms with Gasteiger partial charge in [0.15, 0.2) is 0 Å². The first kappa shape index (κ1) is 26.2. The Balaban J connectivity index is 1.87. The maximum atomic E-state index is 14.9. The van der Waals surface area contributed by atoms with E-state index in [0.29, 0.717) is 17.9 Å². The molecule has 0 saturated heterocycles. The van der Waals surface area contributed by atoms with Gasteiger partial charge in [-0.1, -0.05) is 64.1 Å². The van der Waals surface area contributed by atoms with E-state index in [9.17, 15) is 9.18 Å². The molecule has 0 saturated carbocycles. The molecule has 35 heavy (non-hydrogen) atoms. The molecule has 3 nitrogen and oxygen atoms in total. The summed E-state index contributed by atoms with van der Waals surface area (Å²) >= 11 is 0. The number of benzene rings is 3. The minimum Gasteiger partial charge on any atom is -0.497 e. The summed E-state index contributed by atoms with van der Waals surface area (Å²) in [6.45, 7) is 10.6. The van der Waals surface area contributed by atoms with Crippen LogP contribution in [-0.2, 0) is 16.8 Å². The van der Waals surface area contributed by atoms with Gasteiger partial charge in [0.2, 0.25) is 0 Å². The van der Waals surface area contributed by atoms with Crippen molar-refractivity contribution in [2.24, 2.45) is 5.92 Å². The molecule has 3 aromatic carbocycles. The van der Waals surface area contributed by atoms with Crippen LogP contribution in [0.4, 0.5) is 4.39 Å². The Hall–Kier alpha value is -3.40. The number of ether oxygens (including phenoxy) is 2. The van der Waals surface area contributed by atoms with E-state index in [4.69, 9.17) is 9.47 Å². The van der Waals surface area contributed by atoms with Crippen molar-refractivity contribution in [1.29, 1.82) is 0 Å². The van der Waals surface area contributed by atoms with Crippen LogP contribution in [0.2, 0.25) is 0 Å². The predicted molar refractivity (Wildman–Crippen MR) is 141 cm³/mol. The van der Waals surface area contributed by atoms with E-state index in [0.717, 1.165) is 34.3 Å². The van der Waals surface area contributed by atoms with Crippen molar-refractivity contribution < 1.29 is 18.7 Å². The molecule has 0 N–H and O–H groups in total. The van der Waals surface area contributed by atoms with Gasteiger partial charge in [0, 0.05) is 17.4 Å². The van der Waals surface area contributed by atoms with Gasteiger partial charge in [-0.05, 0) is 71.0 Å². The molecule has 0 aliphatic rings. The van der Waals surface area contributed by atoms with Gasteiger partial charge in [-0.25, -0.2) is 4.39 Å². The molecule has 3 rings (SSSR count). The Bertz CT molecular complexity index is 1170. The van der Waals surface area contributed by atoms with E-state index in [1.807, 2.05) is 62.4 Å². The number of hydrogen-bond acceptors (Lipinski definition) is 3. The maximum Gasteiger partial charge on any atom is 0.131 e. The molecule has 2 atom stereocenters. The lowest BCUT2D eigenvalue weighted by molar-refractivity contribution is -0.110. The fourth-order valence-corrected chi connectivity index (χ4v) is 4.23. The van der Waals surface area contributed by atoms with Crippen LogP contribution in [0.25, 0.3) is 11.1 Å². The molecule has 0 unspecified atom stereocenters.